The predicted octanol–water partition coefficient (Wildman–Crippen LogP) is 3.86. The van der Waals surface area contributed by atoms with E-state index in [0.29, 0.717) is 17.1 Å². The normalized spacial score (nSPS) is 17.3. The van der Waals surface area contributed by atoms with Crippen molar-refractivity contribution in [3.05, 3.63) is 95.1 Å². The van der Waals surface area contributed by atoms with Crippen molar-refractivity contribution >= 4 is 17.4 Å². The minimum absolute atomic E-state index is 0.0140. The number of Topliss-reactive ketones (excluding diaryl/α,β-unsaturated/α-hetero) is 1. The number of ketones is 1. The zero-order chi connectivity index (χ0) is 23.5. The highest BCUT2D eigenvalue weighted by molar-refractivity contribution is 6.46. The van der Waals surface area contributed by atoms with Crippen LogP contribution in [0.25, 0.3) is 5.76 Å². The molecule has 1 fully saturated rings. The highest BCUT2D eigenvalue weighted by Gasteiger charge is 2.47. The molecule has 3 aromatic rings. The number of hydrogen-bond acceptors (Lipinski definition) is 6. The molecule has 0 radical (unpaired) electrons. The molecule has 168 valence electrons. The van der Waals surface area contributed by atoms with E-state index >= 15 is 0 Å². The molecule has 4 rings (SSSR count). The number of rotatable bonds is 6. The number of nitrogens with zero attached hydrogens (tertiary/aromatic N) is 2. The van der Waals surface area contributed by atoms with E-state index in [4.69, 9.17) is 9.47 Å². The summed E-state index contributed by atoms with van der Waals surface area (Å²) < 4.78 is 25.4. The molecule has 1 amide bonds. The van der Waals surface area contributed by atoms with Crippen LogP contribution in [0.15, 0.2) is 72.6 Å². The van der Waals surface area contributed by atoms with Gasteiger partial charge in [0, 0.05) is 30.1 Å². The zero-order valence-electron chi connectivity index (χ0n) is 18.0. The monoisotopic (exact) mass is 448 g/mol. The van der Waals surface area contributed by atoms with Crippen LogP contribution in [-0.4, -0.2) is 40.9 Å². The number of ether oxygens (including phenoxy) is 2. The fourth-order valence-electron chi connectivity index (χ4n) is 3.89. The van der Waals surface area contributed by atoms with Gasteiger partial charge in [-0.3, -0.25) is 14.6 Å². The number of benzene rings is 2. The third-order valence-electron chi connectivity index (χ3n) is 5.47. The topological polar surface area (TPSA) is 89.0 Å². The number of carbonyl (C=O) groups is 2. The first-order valence-corrected chi connectivity index (χ1v) is 10.1. The van der Waals surface area contributed by atoms with Gasteiger partial charge in [-0.15, -0.1) is 0 Å². The van der Waals surface area contributed by atoms with Crippen molar-refractivity contribution in [1.29, 1.82) is 0 Å². The Morgan fingerprint density at radius 1 is 1.06 bits per heavy atom. The van der Waals surface area contributed by atoms with Crippen LogP contribution in [0.1, 0.15) is 22.7 Å². The average Bonchev–Trinajstić information content (AvgIpc) is 3.08. The molecule has 1 saturated heterocycles. The van der Waals surface area contributed by atoms with Gasteiger partial charge >= 0.3 is 0 Å². The second kappa shape index (κ2) is 9.12. The van der Waals surface area contributed by atoms with Gasteiger partial charge in [-0.05, 0) is 35.9 Å². The number of halogens is 1. The molecule has 1 aromatic heterocycles. The molecule has 33 heavy (non-hydrogen) atoms. The van der Waals surface area contributed by atoms with Crippen LogP contribution in [0, 0.1) is 5.82 Å². The van der Waals surface area contributed by atoms with Crippen molar-refractivity contribution in [3.8, 4) is 11.5 Å². The van der Waals surface area contributed by atoms with Crippen LogP contribution < -0.4 is 9.47 Å². The van der Waals surface area contributed by atoms with E-state index in [2.05, 4.69) is 4.98 Å². The molecule has 2 aromatic carbocycles. The minimum Gasteiger partial charge on any atom is -0.507 e. The van der Waals surface area contributed by atoms with Crippen molar-refractivity contribution in [2.45, 2.75) is 12.6 Å². The lowest BCUT2D eigenvalue weighted by atomic mass is 9.94. The Morgan fingerprint density at radius 2 is 1.82 bits per heavy atom. The lowest BCUT2D eigenvalue weighted by Gasteiger charge is -2.25. The first-order chi connectivity index (χ1) is 16.0. The Morgan fingerprint density at radius 3 is 2.48 bits per heavy atom. The molecule has 1 aliphatic heterocycles. The van der Waals surface area contributed by atoms with Gasteiger partial charge in [-0.25, -0.2) is 4.39 Å². The lowest BCUT2D eigenvalue weighted by Crippen LogP contribution is -2.29. The SMILES string of the molecule is COc1ccc(C(O)=C2C(=O)C(=O)N(Cc3cccnc3)[C@H]2c2ccccc2F)cc1OC. The van der Waals surface area contributed by atoms with Gasteiger partial charge in [0.15, 0.2) is 11.5 Å². The Hall–Kier alpha value is -4.20. The van der Waals surface area contributed by atoms with E-state index in [0.717, 1.165) is 0 Å². The van der Waals surface area contributed by atoms with Crippen LogP contribution in [0.5, 0.6) is 11.5 Å². The smallest absolute Gasteiger partial charge is 0.295 e. The van der Waals surface area contributed by atoms with Crippen molar-refractivity contribution in [2.75, 3.05) is 14.2 Å². The molecule has 7 nitrogen and oxygen atoms in total. The van der Waals surface area contributed by atoms with Crippen molar-refractivity contribution in [3.63, 3.8) is 0 Å². The minimum atomic E-state index is -1.13. The standard InChI is InChI=1S/C25H21FN2O5/c1-32-19-10-9-16(12-20(19)33-2)23(29)21-22(17-7-3-4-8-18(17)26)28(25(31)24(21)30)14-15-6-5-11-27-13-15/h3-13,22,29H,14H2,1-2H3/t22-/m0/s1. The number of hydrogen-bond donors (Lipinski definition) is 1. The summed E-state index contributed by atoms with van der Waals surface area (Å²) in [6, 6.07) is 12.8. The molecule has 1 aliphatic rings. The van der Waals surface area contributed by atoms with E-state index in [1.54, 1.807) is 36.7 Å². The number of amides is 1. The first kappa shape index (κ1) is 22.0. The lowest BCUT2D eigenvalue weighted by molar-refractivity contribution is -0.140. The van der Waals surface area contributed by atoms with E-state index < -0.39 is 29.3 Å². The molecule has 0 spiro atoms. The molecule has 8 heteroatoms. The van der Waals surface area contributed by atoms with Gasteiger partial charge in [0.25, 0.3) is 11.7 Å². The predicted molar refractivity (Wildman–Crippen MR) is 118 cm³/mol. The van der Waals surface area contributed by atoms with Gasteiger partial charge in [-0.1, -0.05) is 24.3 Å². The number of aromatic nitrogens is 1. The Labute approximate surface area is 189 Å². The number of pyridine rings is 1. The van der Waals surface area contributed by atoms with Crippen molar-refractivity contribution in [1.82, 2.24) is 9.88 Å². The van der Waals surface area contributed by atoms with Gasteiger partial charge in [0.2, 0.25) is 0 Å². The molecule has 1 atom stereocenters. The number of likely N-dealkylation sites (tertiary alicyclic amines) is 1. The van der Waals surface area contributed by atoms with Crippen molar-refractivity contribution in [2.24, 2.45) is 0 Å². The fraction of sp³-hybridized carbons (Fsp3) is 0.160. The Bertz CT molecular complexity index is 1240. The van der Waals surface area contributed by atoms with Crippen LogP contribution in [0.2, 0.25) is 0 Å². The molecule has 0 unspecified atom stereocenters. The van der Waals surface area contributed by atoms with E-state index in [1.165, 1.54) is 49.5 Å². The number of aliphatic hydroxyl groups excluding tert-OH is 1. The average molecular weight is 448 g/mol. The molecular weight excluding hydrogens is 427 g/mol. The van der Waals surface area contributed by atoms with Gasteiger partial charge in [0.05, 0.1) is 25.8 Å². The summed E-state index contributed by atoms with van der Waals surface area (Å²) in [7, 11) is 2.91. The van der Waals surface area contributed by atoms with Gasteiger partial charge < -0.3 is 19.5 Å². The summed E-state index contributed by atoms with van der Waals surface area (Å²) in [5.74, 6) is -2.02. The summed E-state index contributed by atoms with van der Waals surface area (Å²) in [6.45, 7) is 0.0140. The van der Waals surface area contributed by atoms with Crippen molar-refractivity contribution < 1.29 is 28.6 Å². The van der Waals surface area contributed by atoms with Crippen LogP contribution in [0.4, 0.5) is 4.39 Å². The molecular formula is C25H21FN2O5. The van der Waals surface area contributed by atoms with Gasteiger partial charge in [0.1, 0.15) is 11.6 Å². The maximum absolute atomic E-state index is 14.9. The third kappa shape index (κ3) is 4.03. The maximum atomic E-state index is 14.9. The van der Waals surface area contributed by atoms with Crippen LogP contribution >= 0.6 is 0 Å². The molecule has 1 N–H and O–H groups in total. The number of aliphatic hydroxyl groups is 1. The highest BCUT2D eigenvalue weighted by Crippen LogP contribution is 2.42. The molecule has 0 saturated carbocycles. The van der Waals surface area contributed by atoms with Crippen LogP contribution in [-0.2, 0) is 16.1 Å². The molecule has 2 heterocycles. The van der Waals surface area contributed by atoms with E-state index in [-0.39, 0.29) is 23.2 Å². The van der Waals surface area contributed by atoms with E-state index in [9.17, 15) is 19.1 Å². The third-order valence-corrected chi connectivity index (χ3v) is 5.47. The summed E-state index contributed by atoms with van der Waals surface area (Å²) >= 11 is 0. The summed E-state index contributed by atoms with van der Waals surface area (Å²) in [4.78, 5) is 31.4. The molecule has 0 aliphatic carbocycles. The second-order valence-electron chi connectivity index (χ2n) is 7.38. The molecule has 0 bridgehead atoms. The van der Waals surface area contributed by atoms with Crippen LogP contribution in [0.3, 0.4) is 0 Å². The Kier molecular flexibility index (Phi) is 6.08. The summed E-state index contributed by atoms with van der Waals surface area (Å²) in [5.41, 5.74) is 0.782. The Balaban J connectivity index is 1.89. The van der Waals surface area contributed by atoms with Gasteiger partial charge in [-0.2, -0.15) is 0 Å². The first-order valence-electron chi connectivity index (χ1n) is 10.1. The zero-order valence-corrected chi connectivity index (χ0v) is 18.0. The number of methoxy groups -OCH3 is 2. The highest BCUT2D eigenvalue weighted by atomic mass is 19.1. The summed E-state index contributed by atoms with van der Waals surface area (Å²) in [5, 5.41) is 11.1. The fourth-order valence-corrected chi connectivity index (χ4v) is 3.89. The quantitative estimate of drug-likeness (QED) is 0.350. The summed E-state index contributed by atoms with van der Waals surface area (Å²) in [6.07, 6.45) is 3.15. The number of carbonyl (C=O) groups excluding carboxylic acids is 2. The maximum Gasteiger partial charge on any atom is 0.295 e. The van der Waals surface area contributed by atoms with E-state index in [1.807, 2.05) is 0 Å². The second-order valence-corrected chi connectivity index (χ2v) is 7.38. The largest absolute Gasteiger partial charge is 0.507 e.